The Balaban J connectivity index is 1.57. The van der Waals surface area contributed by atoms with E-state index in [0.29, 0.717) is 11.8 Å². The smallest absolute Gasteiger partial charge is 0.0350 e. The van der Waals surface area contributed by atoms with Crippen LogP contribution in [0, 0.1) is 5.92 Å². The predicted molar refractivity (Wildman–Crippen MR) is 115 cm³/mol. The number of hydrogen-bond donors (Lipinski definition) is 2. The first kappa shape index (κ1) is 17.9. The third kappa shape index (κ3) is 3.80. The van der Waals surface area contributed by atoms with Crippen LogP contribution in [0.1, 0.15) is 62.5 Å². The van der Waals surface area contributed by atoms with Crippen molar-refractivity contribution in [2.45, 2.75) is 51.4 Å². The van der Waals surface area contributed by atoms with Gasteiger partial charge in [-0.25, -0.2) is 0 Å². The standard InChI is InChI=1S/C25H30N2/c1-17-9-14-25(27)23(15-17)21-6-4-5-20(16-21)18-10-12-19(13-11-18)22-7-2-3-8-24(22)26/h7-14,16-17,20H,2-6,15,26-27H2,1H3. The van der Waals surface area contributed by atoms with E-state index < -0.39 is 0 Å². The lowest BCUT2D eigenvalue weighted by atomic mass is 9.79. The topological polar surface area (TPSA) is 52.0 Å². The molecule has 0 aromatic heterocycles. The van der Waals surface area contributed by atoms with Gasteiger partial charge in [-0.15, -0.1) is 0 Å². The van der Waals surface area contributed by atoms with Crippen LogP contribution in [-0.2, 0) is 0 Å². The van der Waals surface area contributed by atoms with Crippen molar-refractivity contribution in [3.05, 3.63) is 88.3 Å². The third-order valence-corrected chi connectivity index (χ3v) is 6.07. The highest BCUT2D eigenvalue weighted by molar-refractivity contribution is 5.79. The van der Waals surface area contributed by atoms with E-state index in [1.165, 1.54) is 40.7 Å². The van der Waals surface area contributed by atoms with E-state index in [1.807, 2.05) is 0 Å². The van der Waals surface area contributed by atoms with Crippen LogP contribution in [0.2, 0.25) is 0 Å². The maximum absolute atomic E-state index is 6.30. The molecule has 0 fully saturated rings. The van der Waals surface area contributed by atoms with E-state index in [4.69, 9.17) is 11.5 Å². The molecule has 0 spiro atoms. The molecule has 1 aromatic carbocycles. The summed E-state index contributed by atoms with van der Waals surface area (Å²) in [6.07, 6.45) is 18.0. The van der Waals surface area contributed by atoms with Gasteiger partial charge in [-0.1, -0.05) is 55.5 Å². The van der Waals surface area contributed by atoms with Crippen molar-refractivity contribution in [1.29, 1.82) is 0 Å². The van der Waals surface area contributed by atoms with Gasteiger partial charge in [0.2, 0.25) is 0 Å². The van der Waals surface area contributed by atoms with Gasteiger partial charge in [0.05, 0.1) is 0 Å². The molecule has 4 rings (SSSR count). The lowest BCUT2D eigenvalue weighted by molar-refractivity contribution is 0.619. The molecule has 1 aromatic rings. The number of hydrogen-bond acceptors (Lipinski definition) is 2. The molecule has 0 radical (unpaired) electrons. The summed E-state index contributed by atoms with van der Waals surface area (Å²) in [6, 6.07) is 9.02. The van der Waals surface area contributed by atoms with Crippen LogP contribution < -0.4 is 11.5 Å². The molecule has 0 amide bonds. The fraction of sp³-hybridized carbons (Fsp3) is 0.360. The van der Waals surface area contributed by atoms with E-state index in [-0.39, 0.29) is 0 Å². The second-order valence-corrected chi connectivity index (χ2v) is 8.14. The Kier molecular flexibility index (Phi) is 5.07. The number of nitrogens with two attached hydrogens (primary N) is 2. The normalized spacial score (nSPS) is 25.7. The highest BCUT2D eigenvalue weighted by Gasteiger charge is 2.21. The molecule has 0 heterocycles. The molecule has 2 heteroatoms. The van der Waals surface area contributed by atoms with Crippen LogP contribution in [-0.4, -0.2) is 0 Å². The summed E-state index contributed by atoms with van der Waals surface area (Å²) in [7, 11) is 0. The van der Waals surface area contributed by atoms with Crippen LogP contribution in [0.25, 0.3) is 5.57 Å². The van der Waals surface area contributed by atoms with Gasteiger partial charge in [0, 0.05) is 22.9 Å². The summed E-state index contributed by atoms with van der Waals surface area (Å²) >= 11 is 0. The Morgan fingerprint density at radius 1 is 1.00 bits per heavy atom. The lowest BCUT2D eigenvalue weighted by Crippen LogP contribution is -2.13. The van der Waals surface area contributed by atoms with Crippen molar-refractivity contribution in [3.8, 4) is 0 Å². The van der Waals surface area contributed by atoms with Crippen molar-refractivity contribution < 1.29 is 0 Å². The van der Waals surface area contributed by atoms with E-state index in [2.05, 4.69) is 61.6 Å². The fourth-order valence-corrected chi connectivity index (χ4v) is 4.52. The fourth-order valence-electron chi connectivity index (χ4n) is 4.52. The molecule has 0 aliphatic heterocycles. The van der Waals surface area contributed by atoms with Crippen LogP contribution >= 0.6 is 0 Å². The number of rotatable bonds is 3. The van der Waals surface area contributed by atoms with Crippen molar-refractivity contribution >= 4 is 5.57 Å². The lowest BCUT2D eigenvalue weighted by Gasteiger charge is -2.26. The molecule has 4 N–H and O–H groups in total. The highest BCUT2D eigenvalue weighted by atomic mass is 14.6. The van der Waals surface area contributed by atoms with E-state index >= 15 is 0 Å². The van der Waals surface area contributed by atoms with Crippen LogP contribution in [0.15, 0.2) is 77.2 Å². The second kappa shape index (κ2) is 7.64. The van der Waals surface area contributed by atoms with Crippen molar-refractivity contribution in [2.75, 3.05) is 0 Å². The monoisotopic (exact) mass is 358 g/mol. The maximum atomic E-state index is 6.30. The van der Waals surface area contributed by atoms with Gasteiger partial charge in [0.25, 0.3) is 0 Å². The molecule has 2 atom stereocenters. The number of allylic oxidation sites excluding steroid dienone is 8. The van der Waals surface area contributed by atoms with Gasteiger partial charge < -0.3 is 11.5 Å². The van der Waals surface area contributed by atoms with Gasteiger partial charge >= 0.3 is 0 Å². The summed E-state index contributed by atoms with van der Waals surface area (Å²) in [4.78, 5) is 0. The zero-order valence-corrected chi connectivity index (χ0v) is 16.2. The minimum absolute atomic E-state index is 0.484. The summed E-state index contributed by atoms with van der Waals surface area (Å²) in [5, 5.41) is 0. The molecule has 3 aliphatic carbocycles. The van der Waals surface area contributed by atoms with E-state index in [1.54, 1.807) is 0 Å². The first-order chi connectivity index (χ1) is 13.1. The Bertz CT molecular complexity index is 862. The molecule has 27 heavy (non-hydrogen) atoms. The van der Waals surface area contributed by atoms with Gasteiger partial charge in [0.15, 0.2) is 0 Å². The minimum atomic E-state index is 0.484. The molecule has 3 aliphatic rings. The molecule has 0 saturated heterocycles. The van der Waals surface area contributed by atoms with Gasteiger partial charge in [0.1, 0.15) is 0 Å². The van der Waals surface area contributed by atoms with Crippen molar-refractivity contribution in [3.63, 3.8) is 0 Å². The van der Waals surface area contributed by atoms with Crippen LogP contribution in [0.3, 0.4) is 0 Å². The van der Waals surface area contributed by atoms with Crippen molar-refractivity contribution in [2.24, 2.45) is 17.4 Å². The maximum Gasteiger partial charge on any atom is 0.0350 e. The second-order valence-electron chi connectivity index (χ2n) is 8.14. The Labute approximate surface area is 163 Å². The largest absolute Gasteiger partial charge is 0.399 e. The third-order valence-electron chi connectivity index (χ3n) is 6.07. The molecule has 140 valence electrons. The van der Waals surface area contributed by atoms with Gasteiger partial charge in [-0.2, -0.15) is 0 Å². The summed E-state index contributed by atoms with van der Waals surface area (Å²) in [5.41, 5.74) is 21.0. The zero-order valence-electron chi connectivity index (χ0n) is 16.2. The number of benzene rings is 1. The molecular weight excluding hydrogens is 328 g/mol. The van der Waals surface area contributed by atoms with Gasteiger partial charge in [-0.05, 0) is 72.8 Å². The minimum Gasteiger partial charge on any atom is -0.399 e. The van der Waals surface area contributed by atoms with Crippen molar-refractivity contribution in [1.82, 2.24) is 0 Å². The Morgan fingerprint density at radius 3 is 2.56 bits per heavy atom. The Hall–Kier alpha value is -2.48. The quantitative estimate of drug-likeness (QED) is 0.727. The van der Waals surface area contributed by atoms with Crippen LogP contribution in [0.5, 0.6) is 0 Å². The first-order valence-corrected chi connectivity index (χ1v) is 10.3. The molecular formula is C25H30N2. The average Bonchev–Trinajstić information content (AvgIpc) is 2.70. The average molecular weight is 359 g/mol. The molecule has 2 unspecified atom stereocenters. The Morgan fingerprint density at radius 2 is 1.78 bits per heavy atom. The summed E-state index contributed by atoms with van der Waals surface area (Å²) in [5.74, 6) is 1.06. The summed E-state index contributed by atoms with van der Waals surface area (Å²) < 4.78 is 0. The van der Waals surface area contributed by atoms with E-state index in [9.17, 15) is 0 Å². The molecule has 0 saturated carbocycles. The molecule has 2 nitrogen and oxygen atoms in total. The zero-order chi connectivity index (χ0) is 18.8. The van der Waals surface area contributed by atoms with E-state index in [0.717, 1.165) is 37.1 Å². The predicted octanol–water partition coefficient (Wildman–Crippen LogP) is 5.71. The SMILES string of the molecule is CC1C=CC(N)=C(C2=CC(c3ccc(C4=CCCC=C4N)cc3)CCC2)C1. The summed E-state index contributed by atoms with van der Waals surface area (Å²) in [6.45, 7) is 2.27. The highest BCUT2D eigenvalue weighted by Crippen LogP contribution is 2.38. The molecule has 0 bridgehead atoms. The van der Waals surface area contributed by atoms with Gasteiger partial charge in [-0.3, -0.25) is 0 Å². The van der Waals surface area contributed by atoms with Crippen LogP contribution in [0.4, 0.5) is 0 Å². The first-order valence-electron chi connectivity index (χ1n) is 10.3.